The van der Waals surface area contributed by atoms with Crippen LogP contribution in [0.3, 0.4) is 0 Å². The molecule has 0 saturated heterocycles. The molecule has 0 unspecified atom stereocenters. The van der Waals surface area contributed by atoms with E-state index >= 15 is 0 Å². The van der Waals surface area contributed by atoms with Crippen molar-refractivity contribution in [3.8, 4) is 0 Å². The molecule has 0 saturated carbocycles. The van der Waals surface area contributed by atoms with Crippen LogP contribution < -0.4 is 33.4 Å². The van der Waals surface area contributed by atoms with Crippen molar-refractivity contribution in [3.05, 3.63) is 67.6 Å². The fourth-order valence-corrected chi connectivity index (χ4v) is 2.32. The van der Waals surface area contributed by atoms with Gasteiger partial charge in [-0.2, -0.15) is 9.47 Å². The first kappa shape index (κ1) is 16.2. The normalized spacial score (nSPS) is 10.0. The van der Waals surface area contributed by atoms with Gasteiger partial charge in [-0.3, -0.25) is 0 Å². The van der Waals surface area contributed by atoms with Crippen LogP contribution in [0.5, 0.6) is 0 Å². The average Bonchev–Trinajstić information content (AvgIpc) is 2.92. The van der Waals surface area contributed by atoms with E-state index in [0.29, 0.717) is 5.82 Å². The number of hydrogen-bond donors (Lipinski definition) is 0. The largest absolute Gasteiger partial charge is 1.00 e. The van der Waals surface area contributed by atoms with Gasteiger partial charge in [0.05, 0.1) is 0 Å². The Hall–Kier alpha value is -2.15. The molecule has 0 fully saturated rings. The molecular formula is C17H15IN2O2. The lowest BCUT2D eigenvalue weighted by atomic mass is 10.3. The molecule has 3 rings (SSSR count). The number of oxazole rings is 1. The first-order valence-corrected chi connectivity index (χ1v) is 6.61. The summed E-state index contributed by atoms with van der Waals surface area (Å²) >= 11 is 0. The van der Waals surface area contributed by atoms with Gasteiger partial charge in [-0.25, -0.2) is 4.79 Å². The number of amides is 1. The Kier molecular flexibility index (Phi) is 4.97. The van der Waals surface area contributed by atoms with Gasteiger partial charge >= 0.3 is 5.91 Å². The minimum absolute atomic E-state index is 0. The summed E-state index contributed by atoms with van der Waals surface area (Å²) in [4.78, 5) is 13.6. The topological polar surface area (TPSA) is 37.3 Å². The van der Waals surface area contributed by atoms with Gasteiger partial charge in [0.2, 0.25) is 0 Å². The maximum Gasteiger partial charge on any atom is 0.311 e. The zero-order valence-electron chi connectivity index (χ0n) is 12.1. The van der Waals surface area contributed by atoms with Crippen LogP contribution in [0.4, 0.5) is 5.69 Å². The van der Waals surface area contributed by atoms with E-state index in [2.05, 4.69) is 6.58 Å². The van der Waals surface area contributed by atoms with Crippen LogP contribution in [0.25, 0.3) is 16.9 Å². The number of halogens is 1. The standard InChI is InChI=1S/C17H15N2O2.HI/c1-13(18-12-21-17-11-7-6-10-16(17)18)19(14(2)20)15-8-4-3-5-9-15;/h3-12H,1H2,2H3;1H/q+1;/p-1. The van der Waals surface area contributed by atoms with Crippen LogP contribution in [-0.4, -0.2) is 5.91 Å². The molecule has 0 N–H and O–H groups in total. The molecule has 1 aromatic heterocycles. The fourth-order valence-electron chi connectivity index (χ4n) is 2.32. The monoisotopic (exact) mass is 406 g/mol. The predicted octanol–water partition coefficient (Wildman–Crippen LogP) is 0.206. The third-order valence-corrected chi connectivity index (χ3v) is 3.28. The maximum absolute atomic E-state index is 12.0. The van der Waals surface area contributed by atoms with E-state index in [1.54, 1.807) is 15.9 Å². The van der Waals surface area contributed by atoms with Crippen molar-refractivity contribution in [1.29, 1.82) is 0 Å². The van der Waals surface area contributed by atoms with Crippen molar-refractivity contribution < 1.29 is 37.8 Å². The lowest BCUT2D eigenvalue weighted by molar-refractivity contribution is -0.559. The van der Waals surface area contributed by atoms with Gasteiger partial charge in [-0.1, -0.05) is 30.3 Å². The minimum atomic E-state index is -0.107. The highest BCUT2D eigenvalue weighted by atomic mass is 127. The smallest absolute Gasteiger partial charge is 0.311 e. The van der Waals surface area contributed by atoms with Crippen LogP contribution in [-0.2, 0) is 4.79 Å². The Labute approximate surface area is 145 Å². The van der Waals surface area contributed by atoms with Gasteiger partial charge in [-0.05, 0) is 30.8 Å². The quantitative estimate of drug-likeness (QED) is 0.461. The van der Waals surface area contributed by atoms with Crippen molar-refractivity contribution in [3.63, 3.8) is 0 Å². The molecule has 0 aliphatic heterocycles. The lowest BCUT2D eigenvalue weighted by Crippen LogP contribution is -3.00. The van der Waals surface area contributed by atoms with Crippen LogP contribution in [0.1, 0.15) is 6.92 Å². The van der Waals surface area contributed by atoms with Crippen LogP contribution in [0.15, 0.2) is 72.0 Å². The molecule has 112 valence electrons. The molecule has 0 aliphatic carbocycles. The van der Waals surface area contributed by atoms with Gasteiger partial charge in [0, 0.05) is 6.92 Å². The highest BCUT2D eigenvalue weighted by Crippen LogP contribution is 2.20. The first-order valence-electron chi connectivity index (χ1n) is 6.61. The molecule has 0 spiro atoms. The summed E-state index contributed by atoms with van der Waals surface area (Å²) in [6.07, 6.45) is 1.56. The van der Waals surface area contributed by atoms with Gasteiger partial charge < -0.3 is 28.4 Å². The summed E-state index contributed by atoms with van der Waals surface area (Å²) in [6.45, 7) is 5.57. The highest BCUT2D eigenvalue weighted by molar-refractivity contribution is 5.99. The number of carbonyl (C=O) groups is 1. The number of anilines is 1. The molecule has 0 atom stereocenters. The number of para-hydroxylation sites is 3. The Morgan fingerprint density at radius 2 is 1.73 bits per heavy atom. The van der Waals surface area contributed by atoms with Gasteiger partial charge in [0.1, 0.15) is 5.69 Å². The molecule has 3 aromatic rings. The molecule has 2 aromatic carbocycles. The van der Waals surface area contributed by atoms with Gasteiger partial charge in [0.25, 0.3) is 12.2 Å². The summed E-state index contributed by atoms with van der Waals surface area (Å²) in [7, 11) is 0. The molecule has 22 heavy (non-hydrogen) atoms. The Bertz CT molecular complexity index is 812. The van der Waals surface area contributed by atoms with Crippen molar-refractivity contribution >= 4 is 28.5 Å². The summed E-state index contributed by atoms with van der Waals surface area (Å²) in [5.41, 5.74) is 2.38. The van der Waals surface area contributed by atoms with Crippen molar-refractivity contribution in [2.45, 2.75) is 6.92 Å². The molecule has 0 radical (unpaired) electrons. The van der Waals surface area contributed by atoms with Crippen molar-refractivity contribution in [1.82, 2.24) is 0 Å². The number of benzene rings is 2. The Morgan fingerprint density at radius 3 is 2.41 bits per heavy atom. The Morgan fingerprint density at radius 1 is 1.09 bits per heavy atom. The summed E-state index contributed by atoms with van der Waals surface area (Å²) < 4.78 is 7.27. The van der Waals surface area contributed by atoms with E-state index < -0.39 is 0 Å². The van der Waals surface area contributed by atoms with Gasteiger partial charge in [-0.15, -0.1) is 0 Å². The SMILES string of the molecule is C=C(N(C(C)=O)c1ccccc1)[n+]1coc2ccccc21.[I-]. The summed E-state index contributed by atoms with van der Waals surface area (Å²) in [6, 6.07) is 17.0. The highest BCUT2D eigenvalue weighted by Gasteiger charge is 2.27. The third-order valence-electron chi connectivity index (χ3n) is 3.28. The maximum atomic E-state index is 12.0. The van der Waals surface area contributed by atoms with Crippen molar-refractivity contribution in [2.24, 2.45) is 0 Å². The summed E-state index contributed by atoms with van der Waals surface area (Å²) in [5.74, 6) is 0.419. The second-order valence-corrected chi connectivity index (χ2v) is 4.67. The predicted molar refractivity (Wildman–Crippen MR) is 81.3 cm³/mol. The molecule has 0 bridgehead atoms. The van der Waals surface area contributed by atoms with E-state index in [0.717, 1.165) is 16.8 Å². The zero-order valence-corrected chi connectivity index (χ0v) is 14.2. The average molecular weight is 406 g/mol. The molecule has 1 amide bonds. The Balaban J connectivity index is 0.00000176. The van der Waals surface area contributed by atoms with Crippen LogP contribution in [0.2, 0.25) is 0 Å². The second-order valence-electron chi connectivity index (χ2n) is 4.67. The number of aromatic nitrogens is 1. The third kappa shape index (κ3) is 2.89. The number of nitrogens with zero attached hydrogens (tertiary/aromatic N) is 2. The molecule has 5 heteroatoms. The molecule has 0 aliphatic rings. The van der Waals surface area contributed by atoms with Crippen molar-refractivity contribution in [2.75, 3.05) is 4.90 Å². The lowest BCUT2D eigenvalue weighted by Gasteiger charge is -2.14. The number of carbonyl (C=O) groups excluding carboxylic acids is 1. The van der Waals surface area contributed by atoms with E-state index in [1.165, 1.54) is 6.92 Å². The van der Waals surface area contributed by atoms with E-state index in [1.807, 2.05) is 54.6 Å². The zero-order chi connectivity index (χ0) is 14.8. The minimum Gasteiger partial charge on any atom is -1.00 e. The molecule has 4 nitrogen and oxygen atoms in total. The number of rotatable bonds is 3. The van der Waals surface area contributed by atoms with E-state index in [-0.39, 0.29) is 29.9 Å². The van der Waals surface area contributed by atoms with E-state index in [4.69, 9.17) is 4.42 Å². The summed E-state index contributed by atoms with van der Waals surface area (Å²) in [5, 5.41) is 0. The second kappa shape index (κ2) is 6.74. The molecule has 1 heterocycles. The fraction of sp³-hybridized carbons (Fsp3) is 0.0588. The van der Waals surface area contributed by atoms with Gasteiger partial charge in [0.15, 0.2) is 11.1 Å². The first-order chi connectivity index (χ1) is 10.2. The van der Waals surface area contributed by atoms with Crippen LogP contribution in [0, 0.1) is 0 Å². The molecular weight excluding hydrogens is 391 g/mol. The van der Waals surface area contributed by atoms with Crippen LogP contribution >= 0.6 is 0 Å². The number of hydrogen-bond acceptors (Lipinski definition) is 2. The van der Waals surface area contributed by atoms with E-state index in [9.17, 15) is 4.79 Å². The number of fused-ring (bicyclic) bond motifs is 1.